The summed E-state index contributed by atoms with van der Waals surface area (Å²) in [6.45, 7) is 4.07. The zero-order chi connectivity index (χ0) is 13.5. The van der Waals surface area contributed by atoms with Crippen LogP contribution in [0.25, 0.3) is 0 Å². The largest absolute Gasteiger partial charge is 0.493 e. The van der Waals surface area contributed by atoms with Crippen molar-refractivity contribution >= 4 is 15.9 Å². The third kappa shape index (κ3) is 4.33. The van der Waals surface area contributed by atoms with E-state index in [1.54, 1.807) is 0 Å². The van der Waals surface area contributed by atoms with Gasteiger partial charge in [-0.25, -0.2) is 0 Å². The van der Waals surface area contributed by atoms with Gasteiger partial charge in [-0.05, 0) is 24.6 Å². The highest BCUT2D eigenvalue weighted by Gasteiger charge is 2.05. The summed E-state index contributed by atoms with van der Waals surface area (Å²) in [6.07, 6.45) is 2.32. The molecular weight excluding hydrogens is 310 g/mol. The third-order valence-electron chi connectivity index (χ3n) is 2.49. The van der Waals surface area contributed by atoms with Crippen molar-refractivity contribution in [2.75, 3.05) is 6.61 Å². The summed E-state index contributed by atoms with van der Waals surface area (Å²) in [5.74, 6) is 1.55. The van der Waals surface area contributed by atoms with E-state index in [9.17, 15) is 0 Å². The summed E-state index contributed by atoms with van der Waals surface area (Å²) in [5.41, 5.74) is 1.10. The Morgan fingerprint density at radius 3 is 3.00 bits per heavy atom. The maximum absolute atomic E-state index is 5.72. The van der Waals surface area contributed by atoms with Gasteiger partial charge in [0, 0.05) is 16.6 Å². The predicted octanol–water partition coefficient (Wildman–Crippen LogP) is 2.91. The first-order valence-corrected chi connectivity index (χ1v) is 6.96. The number of rotatable bonds is 7. The fourth-order valence-electron chi connectivity index (χ4n) is 1.62. The predicted molar refractivity (Wildman–Crippen MR) is 74.8 cm³/mol. The molecule has 0 aliphatic rings. The van der Waals surface area contributed by atoms with Crippen molar-refractivity contribution < 1.29 is 9.26 Å². The Morgan fingerprint density at radius 1 is 1.37 bits per heavy atom. The van der Waals surface area contributed by atoms with E-state index in [-0.39, 0.29) is 0 Å². The minimum atomic E-state index is 0.566. The number of nitrogens with zero attached hydrogens (tertiary/aromatic N) is 2. The van der Waals surface area contributed by atoms with Gasteiger partial charge < -0.3 is 14.6 Å². The number of nitrogens with one attached hydrogen (secondary N) is 1. The van der Waals surface area contributed by atoms with Crippen molar-refractivity contribution in [3.8, 4) is 5.75 Å². The van der Waals surface area contributed by atoms with Crippen LogP contribution in [0.15, 0.2) is 33.6 Å². The Kier molecular flexibility index (Phi) is 5.35. The maximum Gasteiger partial charge on any atom is 0.213 e. The molecule has 1 aromatic heterocycles. The topological polar surface area (TPSA) is 60.2 Å². The average molecular weight is 326 g/mol. The summed E-state index contributed by atoms with van der Waals surface area (Å²) < 4.78 is 11.4. The van der Waals surface area contributed by atoms with Crippen LogP contribution in [0.1, 0.15) is 24.7 Å². The normalized spacial score (nSPS) is 10.6. The molecule has 0 atom stereocenters. The van der Waals surface area contributed by atoms with Crippen LogP contribution in [0.3, 0.4) is 0 Å². The van der Waals surface area contributed by atoms with Gasteiger partial charge in [0.25, 0.3) is 0 Å². The van der Waals surface area contributed by atoms with Crippen LogP contribution < -0.4 is 10.1 Å². The number of hydrogen-bond donors (Lipinski definition) is 1. The van der Waals surface area contributed by atoms with Crippen molar-refractivity contribution in [2.45, 2.75) is 26.4 Å². The molecule has 0 aliphatic carbocycles. The summed E-state index contributed by atoms with van der Waals surface area (Å²) in [7, 11) is 0. The second-order valence-electron chi connectivity index (χ2n) is 4.05. The second kappa shape index (κ2) is 7.25. The van der Waals surface area contributed by atoms with Crippen LogP contribution in [0, 0.1) is 0 Å². The molecule has 0 unspecified atom stereocenters. The molecule has 0 fully saturated rings. The number of halogens is 1. The van der Waals surface area contributed by atoms with E-state index in [1.165, 1.54) is 6.39 Å². The second-order valence-corrected chi connectivity index (χ2v) is 4.97. The van der Waals surface area contributed by atoms with Crippen LogP contribution in [0.2, 0.25) is 0 Å². The molecule has 1 aromatic carbocycles. The average Bonchev–Trinajstić information content (AvgIpc) is 2.91. The lowest BCUT2D eigenvalue weighted by atomic mass is 10.2. The van der Waals surface area contributed by atoms with Crippen LogP contribution in [0.5, 0.6) is 5.75 Å². The minimum absolute atomic E-state index is 0.566. The number of hydrogen-bond acceptors (Lipinski definition) is 5. The van der Waals surface area contributed by atoms with Crippen molar-refractivity contribution in [3.05, 3.63) is 40.5 Å². The van der Waals surface area contributed by atoms with E-state index in [1.807, 2.05) is 18.2 Å². The van der Waals surface area contributed by atoms with E-state index in [0.29, 0.717) is 18.9 Å². The van der Waals surface area contributed by atoms with Crippen LogP contribution >= 0.6 is 15.9 Å². The molecular formula is C13H16BrN3O2. The van der Waals surface area contributed by atoms with E-state index in [0.717, 1.165) is 28.8 Å². The van der Waals surface area contributed by atoms with E-state index in [4.69, 9.17) is 4.74 Å². The zero-order valence-corrected chi connectivity index (χ0v) is 12.3. The molecule has 0 spiro atoms. The number of benzene rings is 1. The fraction of sp³-hybridized carbons (Fsp3) is 0.385. The molecule has 19 heavy (non-hydrogen) atoms. The van der Waals surface area contributed by atoms with Gasteiger partial charge in [0.05, 0.1) is 13.2 Å². The van der Waals surface area contributed by atoms with Gasteiger partial charge in [-0.2, -0.15) is 4.98 Å². The standard InChI is InChI=1S/C13H16BrN3O2/c1-2-5-18-12-4-3-11(14)6-10(12)7-15-8-13-16-9-19-17-13/h3-4,6,9,15H,2,5,7-8H2,1H3. The van der Waals surface area contributed by atoms with Gasteiger partial charge >= 0.3 is 0 Å². The smallest absolute Gasteiger partial charge is 0.213 e. The summed E-state index contributed by atoms with van der Waals surface area (Å²) >= 11 is 3.47. The molecule has 2 rings (SSSR count). The monoisotopic (exact) mass is 325 g/mol. The molecule has 102 valence electrons. The first-order valence-electron chi connectivity index (χ1n) is 6.16. The van der Waals surface area contributed by atoms with Gasteiger partial charge in [0.1, 0.15) is 5.75 Å². The molecule has 6 heteroatoms. The highest BCUT2D eigenvalue weighted by Crippen LogP contribution is 2.23. The van der Waals surface area contributed by atoms with Crippen molar-refractivity contribution in [1.82, 2.24) is 15.5 Å². The SMILES string of the molecule is CCCOc1ccc(Br)cc1CNCc1ncon1. The lowest BCUT2D eigenvalue weighted by molar-refractivity contribution is 0.313. The first kappa shape index (κ1) is 14.0. The quantitative estimate of drug-likeness (QED) is 0.848. The summed E-state index contributed by atoms with van der Waals surface area (Å²) in [6, 6.07) is 6.01. The first-order chi connectivity index (χ1) is 9.29. The molecule has 0 aliphatic heterocycles. The molecule has 0 bridgehead atoms. The molecule has 5 nitrogen and oxygen atoms in total. The van der Waals surface area contributed by atoms with Crippen LogP contribution in [-0.2, 0) is 13.1 Å². The highest BCUT2D eigenvalue weighted by atomic mass is 79.9. The van der Waals surface area contributed by atoms with Crippen molar-refractivity contribution in [2.24, 2.45) is 0 Å². The molecule has 0 saturated carbocycles. The molecule has 1 heterocycles. The van der Waals surface area contributed by atoms with Crippen molar-refractivity contribution in [1.29, 1.82) is 0 Å². The third-order valence-corrected chi connectivity index (χ3v) is 2.98. The van der Waals surface area contributed by atoms with Crippen LogP contribution in [0.4, 0.5) is 0 Å². The number of aromatic nitrogens is 2. The van der Waals surface area contributed by atoms with E-state index >= 15 is 0 Å². The molecule has 0 saturated heterocycles. The molecule has 0 amide bonds. The van der Waals surface area contributed by atoms with Gasteiger partial charge in [-0.15, -0.1) is 0 Å². The Balaban J connectivity index is 1.95. The minimum Gasteiger partial charge on any atom is -0.493 e. The van der Waals surface area contributed by atoms with Gasteiger partial charge in [0.2, 0.25) is 6.39 Å². The van der Waals surface area contributed by atoms with E-state index < -0.39 is 0 Å². The fourth-order valence-corrected chi connectivity index (χ4v) is 2.03. The lowest BCUT2D eigenvalue weighted by Crippen LogP contribution is -2.14. The Hall–Kier alpha value is -1.40. The summed E-state index contributed by atoms with van der Waals surface area (Å²) in [5, 5.41) is 7.01. The Bertz CT molecular complexity index is 503. The zero-order valence-electron chi connectivity index (χ0n) is 10.7. The van der Waals surface area contributed by atoms with Gasteiger partial charge in [-0.1, -0.05) is 28.0 Å². The maximum atomic E-state index is 5.72. The summed E-state index contributed by atoms with van der Waals surface area (Å²) in [4.78, 5) is 3.96. The van der Waals surface area contributed by atoms with Crippen LogP contribution in [-0.4, -0.2) is 16.7 Å². The van der Waals surface area contributed by atoms with E-state index in [2.05, 4.69) is 42.8 Å². The van der Waals surface area contributed by atoms with Gasteiger partial charge in [-0.3, -0.25) is 0 Å². The molecule has 2 aromatic rings. The number of ether oxygens (including phenoxy) is 1. The van der Waals surface area contributed by atoms with Gasteiger partial charge in [0.15, 0.2) is 5.82 Å². The van der Waals surface area contributed by atoms with Crippen molar-refractivity contribution in [3.63, 3.8) is 0 Å². The lowest BCUT2D eigenvalue weighted by Gasteiger charge is -2.11. The Morgan fingerprint density at radius 2 is 2.26 bits per heavy atom. The molecule has 0 radical (unpaired) electrons. The molecule has 1 N–H and O–H groups in total. The highest BCUT2D eigenvalue weighted by molar-refractivity contribution is 9.10. The Labute approximate surface area is 120 Å².